The van der Waals surface area contributed by atoms with Crippen molar-refractivity contribution in [3.8, 4) is 5.75 Å². The highest BCUT2D eigenvalue weighted by atomic mass is 19.1. The standard InChI is InChI=1S/C15H22FNO3/c1-3-10-17-13(15(18)19-4-2)9-11-20-14-8-6-5-7-12(14)16/h5-8,13,17H,3-4,9-11H2,1-2H3. The van der Waals surface area contributed by atoms with Crippen LogP contribution < -0.4 is 10.1 Å². The molecule has 0 saturated heterocycles. The summed E-state index contributed by atoms with van der Waals surface area (Å²) >= 11 is 0. The number of ether oxygens (including phenoxy) is 2. The molecule has 20 heavy (non-hydrogen) atoms. The molecule has 112 valence electrons. The third-order valence-corrected chi connectivity index (χ3v) is 2.71. The third kappa shape index (κ3) is 5.57. The van der Waals surface area contributed by atoms with Crippen molar-refractivity contribution in [1.82, 2.24) is 5.32 Å². The topological polar surface area (TPSA) is 47.6 Å². The third-order valence-electron chi connectivity index (χ3n) is 2.71. The highest BCUT2D eigenvalue weighted by molar-refractivity contribution is 5.75. The van der Waals surface area contributed by atoms with Gasteiger partial charge in [0, 0.05) is 6.42 Å². The minimum Gasteiger partial charge on any atom is -0.490 e. The molecule has 0 saturated carbocycles. The first-order chi connectivity index (χ1) is 9.69. The van der Waals surface area contributed by atoms with Crippen LogP contribution in [0.1, 0.15) is 26.7 Å². The van der Waals surface area contributed by atoms with Gasteiger partial charge in [0.15, 0.2) is 11.6 Å². The molecule has 0 aromatic heterocycles. The summed E-state index contributed by atoms with van der Waals surface area (Å²) in [7, 11) is 0. The molecule has 0 bridgehead atoms. The summed E-state index contributed by atoms with van der Waals surface area (Å²) in [6, 6.07) is 5.80. The average molecular weight is 283 g/mol. The van der Waals surface area contributed by atoms with Crippen LogP contribution in [0.3, 0.4) is 0 Å². The van der Waals surface area contributed by atoms with E-state index >= 15 is 0 Å². The lowest BCUT2D eigenvalue weighted by Gasteiger charge is -2.17. The lowest BCUT2D eigenvalue weighted by atomic mass is 10.2. The van der Waals surface area contributed by atoms with E-state index in [1.807, 2.05) is 6.92 Å². The predicted octanol–water partition coefficient (Wildman–Crippen LogP) is 2.53. The smallest absolute Gasteiger partial charge is 0.323 e. The quantitative estimate of drug-likeness (QED) is 0.707. The van der Waals surface area contributed by atoms with Crippen LogP contribution >= 0.6 is 0 Å². The van der Waals surface area contributed by atoms with Crippen molar-refractivity contribution >= 4 is 5.97 Å². The van der Waals surface area contributed by atoms with E-state index in [9.17, 15) is 9.18 Å². The lowest BCUT2D eigenvalue weighted by Crippen LogP contribution is -2.39. The van der Waals surface area contributed by atoms with Crippen LogP contribution in [0, 0.1) is 5.82 Å². The molecule has 1 N–H and O–H groups in total. The van der Waals surface area contributed by atoms with E-state index in [4.69, 9.17) is 9.47 Å². The molecule has 0 amide bonds. The van der Waals surface area contributed by atoms with Crippen molar-refractivity contribution in [2.24, 2.45) is 0 Å². The predicted molar refractivity (Wildman–Crippen MR) is 75.2 cm³/mol. The van der Waals surface area contributed by atoms with Gasteiger partial charge in [0.05, 0.1) is 13.2 Å². The Labute approximate surface area is 119 Å². The summed E-state index contributed by atoms with van der Waals surface area (Å²) in [6.07, 6.45) is 1.36. The zero-order valence-corrected chi connectivity index (χ0v) is 12.0. The Morgan fingerprint density at radius 3 is 2.75 bits per heavy atom. The Kier molecular flexibility index (Phi) is 7.65. The second-order valence-electron chi connectivity index (χ2n) is 4.33. The molecule has 5 heteroatoms. The van der Waals surface area contributed by atoms with E-state index in [2.05, 4.69) is 5.32 Å². The molecule has 4 nitrogen and oxygen atoms in total. The summed E-state index contributed by atoms with van der Waals surface area (Å²) in [5.41, 5.74) is 0. The summed E-state index contributed by atoms with van der Waals surface area (Å²) in [6.45, 7) is 5.11. The summed E-state index contributed by atoms with van der Waals surface area (Å²) in [4.78, 5) is 11.7. The molecular weight excluding hydrogens is 261 g/mol. The van der Waals surface area contributed by atoms with Crippen molar-refractivity contribution in [2.45, 2.75) is 32.7 Å². The summed E-state index contributed by atoms with van der Waals surface area (Å²) in [5, 5.41) is 3.11. The van der Waals surface area contributed by atoms with Gasteiger partial charge in [0.1, 0.15) is 6.04 Å². The van der Waals surface area contributed by atoms with Crippen LogP contribution in [0.5, 0.6) is 5.75 Å². The molecule has 1 rings (SSSR count). The van der Waals surface area contributed by atoms with Crippen LogP contribution in [0.25, 0.3) is 0 Å². The molecule has 1 unspecified atom stereocenters. The zero-order valence-electron chi connectivity index (χ0n) is 12.0. The summed E-state index contributed by atoms with van der Waals surface area (Å²) < 4.78 is 23.7. The fourth-order valence-corrected chi connectivity index (χ4v) is 1.71. The maximum atomic E-state index is 13.4. The van der Waals surface area contributed by atoms with E-state index in [1.165, 1.54) is 6.07 Å². The van der Waals surface area contributed by atoms with Gasteiger partial charge in [-0.3, -0.25) is 4.79 Å². The normalized spacial score (nSPS) is 11.9. The van der Waals surface area contributed by atoms with Gasteiger partial charge in [-0.25, -0.2) is 4.39 Å². The fourth-order valence-electron chi connectivity index (χ4n) is 1.71. The minimum atomic E-state index is -0.415. The fraction of sp³-hybridized carbons (Fsp3) is 0.533. The Morgan fingerprint density at radius 1 is 1.35 bits per heavy atom. The van der Waals surface area contributed by atoms with Crippen LogP contribution in [0.15, 0.2) is 24.3 Å². The van der Waals surface area contributed by atoms with Gasteiger partial charge in [0.2, 0.25) is 0 Å². The number of para-hydroxylation sites is 1. The minimum absolute atomic E-state index is 0.200. The highest BCUT2D eigenvalue weighted by Crippen LogP contribution is 2.15. The van der Waals surface area contributed by atoms with Gasteiger partial charge in [-0.2, -0.15) is 0 Å². The number of esters is 1. The largest absolute Gasteiger partial charge is 0.490 e. The van der Waals surface area contributed by atoms with E-state index in [1.54, 1.807) is 25.1 Å². The van der Waals surface area contributed by atoms with Crippen molar-refractivity contribution in [3.05, 3.63) is 30.1 Å². The molecule has 1 aromatic rings. The Balaban J connectivity index is 2.45. The lowest BCUT2D eigenvalue weighted by molar-refractivity contribution is -0.146. The SMILES string of the molecule is CCCNC(CCOc1ccccc1F)C(=O)OCC. The second-order valence-corrected chi connectivity index (χ2v) is 4.33. The Morgan fingerprint density at radius 2 is 2.10 bits per heavy atom. The Hall–Kier alpha value is -1.62. The summed E-state index contributed by atoms with van der Waals surface area (Å²) in [5.74, 6) is -0.495. The maximum Gasteiger partial charge on any atom is 0.323 e. The van der Waals surface area contributed by atoms with E-state index < -0.39 is 11.9 Å². The van der Waals surface area contributed by atoms with E-state index in [0.717, 1.165) is 13.0 Å². The average Bonchev–Trinajstić information content (AvgIpc) is 2.44. The van der Waals surface area contributed by atoms with Crippen molar-refractivity contribution in [1.29, 1.82) is 0 Å². The molecule has 0 spiro atoms. The van der Waals surface area contributed by atoms with Gasteiger partial charge in [0.25, 0.3) is 0 Å². The van der Waals surface area contributed by atoms with Crippen LogP contribution in [0.2, 0.25) is 0 Å². The second kappa shape index (κ2) is 9.31. The van der Waals surface area contributed by atoms with Gasteiger partial charge in [-0.1, -0.05) is 19.1 Å². The maximum absolute atomic E-state index is 13.4. The first-order valence-corrected chi connectivity index (χ1v) is 6.96. The number of nitrogens with one attached hydrogen (secondary N) is 1. The number of halogens is 1. The van der Waals surface area contributed by atoms with Gasteiger partial charge in [-0.05, 0) is 32.0 Å². The molecule has 0 fully saturated rings. The number of hydrogen-bond acceptors (Lipinski definition) is 4. The molecule has 0 aliphatic heterocycles. The number of carbonyl (C=O) groups excluding carboxylic acids is 1. The molecule has 0 radical (unpaired) electrons. The van der Waals surface area contributed by atoms with Crippen molar-refractivity contribution < 1.29 is 18.7 Å². The van der Waals surface area contributed by atoms with E-state index in [-0.39, 0.29) is 18.3 Å². The first kappa shape index (κ1) is 16.4. The van der Waals surface area contributed by atoms with Gasteiger partial charge < -0.3 is 14.8 Å². The van der Waals surface area contributed by atoms with Crippen molar-refractivity contribution in [3.63, 3.8) is 0 Å². The molecule has 1 aromatic carbocycles. The molecule has 0 aliphatic carbocycles. The number of rotatable bonds is 9. The molecular formula is C15H22FNO3. The number of carbonyl (C=O) groups is 1. The monoisotopic (exact) mass is 283 g/mol. The van der Waals surface area contributed by atoms with Crippen LogP contribution in [-0.2, 0) is 9.53 Å². The molecule has 0 aliphatic rings. The van der Waals surface area contributed by atoms with E-state index in [0.29, 0.717) is 13.0 Å². The van der Waals surface area contributed by atoms with Crippen molar-refractivity contribution in [2.75, 3.05) is 19.8 Å². The molecule has 0 heterocycles. The van der Waals surface area contributed by atoms with Crippen LogP contribution in [0.4, 0.5) is 4.39 Å². The van der Waals surface area contributed by atoms with Gasteiger partial charge in [-0.15, -0.1) is 0 Å². The van der Waals surface area contributed by atoms with Gasteiger partial charge >= 0.3 is 5.97 Å². The first-order valence-electron chi connectivity index (χ1n) is 6.96. The highest BCUT2D eigenvalue weighted by Gasteiger charge is 2.18. The Bertz CT molecular complexity index is 412. The number of hydrogen-bond donors (Lipinski definition) is 1. The van der Waals surface area contributed by atoms with Crippen LogP contribution in [-0.4, -0.2) is 31.8 Å². The number of benzene rings is 1. The zero-order chi connectivity index (χ0) is 14.8. The molecule has 1 atom stereocenters.